The number of carboxylic acids is 3. The lowest BCUT2D eigenvalue weighted by Crippen LogP contribution is -2.59. The quantitative estimate of drug-likeness (QED) is 0.0902. The minimum absolute atomic E-state index is 0.136. The molecule has 3 atom stereocenters. The van der Waals surface area contributed by atoms with E-state index in [2.05, 4.69) is 13.0 Å². The van der Waals surface area contributed by atoms with Gasteiger partial charge in [0.2, 0.25) is 0 Å². The van der Waals surface area contributed by atoms with E-state index >= 15 is 0 Å². The number of allylic oxidation sites excluding steroid dienone is 1. The Bertz CT molecular complexity index is 603. The van der Waals surface area contributed by atoms with Crippen LogP contribution in [0.1, 0.15) is 118 Å². The van der Waals surface area contributed by atoms with Crippen LogP contribution >= 0.6 is 0 Å². The molecule has 0 saturated carbocycles. The van der Waals surface area contributed by atoms with Crippen LogP contribution in [0.25, 0.3) is 0 Å². The van der Waals surface area contributed by atoms with Crippen molar-refractivity contribution in [3.05, 3.63) is 12.2 Å². The summed E-state index contributed by atoms with van der Waals surface area (Å²) in [6, 6.07) is 0. The molecule has 2 N–H and O–H groups in total. The summed E-state index contributed by atoms with van der Waals surface area (Å²) in [5.41, 5.74) is 0. The van der Waals surface area contributed by atoms with Gasteiger partial charge in [0.15, 0.2) is 0 Å². The number of rotatable bonds is 25. The largest absolute Gasteiger partial charge is 0.550 e. The van der Waals surface area contributed by atoms with Gasteiger partial charge in [-0.1, -0.05) is 91.6 Å². The number of aliphatic carboxylic acids is 3. The average Bonchev–Trinajstić information content (AvgIpc) is 2.86. The monoisotopic (exact) mass is 525 g/mol. The zero-order valence-electron chi connectivity index (χ0n) is 24.1. The minimum Gasteiger partial charge on any atom is -0.550 e. The predicted octanol–water partition coefficient (Wildman–Crippen LogP) is 5.67. The molecule has 0 aliphatic heterocycles. The fourth-order valence-corrected chi connectivity index (χ4v) is 5.15. The van der Waals surface area contributed by atoms with Gasteiger partial charge in [-0.15, -0.1) is 0 Å². The number of carbonyl (C=O) groups is 3. The molecule has 0 spiro atoms. The van der Waals surface area contributed by atoms with Crippen molar-refractivity contribution in [2.24, 2.45) is 17.8 Å². The van der Waals surface area contributed by atoms with E-state index in [9.17, 15) is 29.7 Å². The summed E-state index contributed by atoms with van der Waals surface area (Å²) in [6.07, 6.45) is 18.9. The fourth-order valence-electron chi connectivity index (χ4n) is 5.15. The Kier molecular flexibility index (Phi) is 20.0. The van der Waals surface area contributed by atoms with Crippen LogP contribution in [0.15, 0.2) is 12.2 Å². The molecule has 0 rings (SSSR count). The molecule has 216 valence electrons. The van der Waals surface area contributed by atoms with Gasteiger partial charge in [-0.2, -0.15) is 0 Å². The van der Waals surface area contributed by atoms with Gasteiger partial charge in [0.25, 0.3) is 0 Å². The molecule has 7 nitrogen and oxygen atoms in total. The summed E-state index contributed by atoms with van der Waals surface area (Å²) in [5.74, 6) is -5.10. The van der Waals surface area contributed by atoms with Gasteiger partial charge in [-0.3, -0.25) is 9.59 Å². The minimum atomic E-state index is -1.16. The maximum Gasteiger partial charge on any atom is 0.312 e. The molecule has 0 aliphatic rings. The molecular formula is C30H55NO6. The molecule has 0 aromatic carbocycles. The third kappa shape index (κ3) is 15.8. The molecule has 0 radical (unpaired) electrons. The number of carbonyl (C=O) groups excluding carboxylic acids is 1. The average molecular weight is 526 g/mol. The molecule has 0 heterocycles. The lowest BCUT2D eigenvalue weighted by molar-refractivity contribution is -0.929. The Labute approximate surface area is 225 Å². The molecular weight excluding hydrogens is 470 g/mol. The summed E-state index contributed by atoms with van der Waals surface area (Å²) < 4.78 is 0.136. The summed E-state index contributed by atoms with van der Waals surface area (Å²) in [6.45, 7) is 8.64. The van der Waals surface area contributed by atoms with Crippen LogP contribution < -0.4 is 5.11 Å². The van der Waals surface area contributed by atoms with Gasteiger partial charge < -0.3 is 24.6 Å². The van der Waals surface area contributed by atoms with Crippen LogP contribution in [0.3, 0.4) is 0 Å². The highest BCUT2D eigenvalue weighted by Crippen LogP contribution is 2.24. The fraction of sp³-hybridized carbons (Fsp3) is 0.833. The normalized spacial score (nSPS) is 15.8. The van der Waals surface area contributed by atoms with E-state index in [4.69, 9.17) is 0 Å². The summed E-state index contributed by atoms with van der Waals surface area (Å²) in [7, 11) is 0. The Hall–Kier alpha value is -1.89. The van der Waals surface area contributed by atoms with Crippen molar-refractivity contribution in [3.8, 4) is 0 Å². The molecule has 0 amide bonds. The van der Waals surface area contributed by atoms with Gasteiger partial charge in [-0.25, -0.2) is 0 Å². The maximum absolute atomic E-state index is 11.9. The lowest BCUT2D eigenvalue weighted by atomic mass is 9.96. The zero-order valence-corrected chi connectivity index (χ0v) is 24.1. The first kappa shape index (κ1) is 35.1. The Morgan fingerprint density at radius 2 is 1.05 bits per heavy atom. The lowest BCUT2D eigenvalue weighted by Gasteiger charge is -2.43. The number of hydrogen-bond donors (Lipinski definition) is 2. The second-order valence-electron chi connectivity index (χ2n) is 10.8. The molecule has 0 fully saturated rings. The van der Waals surface area contributed by atoms with E-state index in [0.717, 1.165) is 12.8 Å². The van der Waals surface area contributed by atoms with Crippen molar-refractivity contribution in [1.29, 1.82) is 0 Å². The topological polar surface area (TPSA) is 115 Å². The van der Waals surface area contributed by atoms with Crippen molar-refractivity contribution in [2.45, 2.75) is 118 Å². The first-order valence-electron chi connectivity index (χ1n) is 14.8. The Balaban J connectivity index is 5.25. The van der Waals surface area contributed by atoms with Crippen LogP contribution in [0.5, 0.6) is 0 Å². The first-order chi connectivity index (χ1) is 17.7. The number of nitrogens with zero attached hydrogens (tertiary/aromatic N) is 1. The van der Waals surface area contributed by atoms with Crippen LogP contribution in [0, 0.1) is 17.8 Å². The zero-order chi connectivity index (χ0) is 28.1. The number of hydrogen-bond acceptors (Lipinski definition) is 4. The van der Waals surface area contributed by atoms with Gasteiger partial charge in [-0.05, 0) is 38.2 Å². The molecule has 0 aromatic heterocycles. The Morgan fingerprint density at radius 3 is 1.43 bits per heavy atom. The second-order valence-corrected chi connectivity index (χ2v) is 10.8. The third-order valence-corrected chi connectivity index (χ3v) is 7.72. The third-order valence-electron chi connectivity index (χ3n) is 7.72. The number of carboxylic acid groups (broad SMARTS) is 3. The van der Waals surface area contributed by atoms with Crippen molar-refractivity contribution >= 4 is 17.9 Å². The van der Waals surface area contributed by atoms with Crippen molar-refractivity contribution in [1.82, 2.24) is 0 Å². The van der Waals surface area contributed by atoms with Gasteiger partial charge in [0.1, 0.15) is 11.8 Å². The SMILES string of the molecule is CCCCCCCCCCCC/C=C/C[N+](CC(CC)C(=O)[O-])(CC(CC)C(=O)O)CC(CC)C(=O)O. The van der Waals surface area contributed by atoms with E-state index in [1.54, 1.807) is 20.8 Å². The van der Waals surface area contributed by atoms with E-state index < -0.39 is 35.7 Å². The molecule has 0 aliphatic carbocycles. The number of unbranched alkanes of at least 4 members (excludes halogenated alkanes) is 10. The summed E-state index contributed by atoms with van der Waals surface area (Å²) in [4.78, 5) is 35.6. The predicted molar refractivity (Wildman–Crippen MR) is 147 cm³/mol. The van der Waals surface area contributed by atoms with Crippen molar-refractivity contribution in [3.63, 3.8) is 0 Å². The smallest absolute Gasteiger partial charge is 0.312 e. The van der Waals surface area contributed by atoms with Crippen molar-refractivity contribution in [2.75, 3.05) is 26.2 Å². The molecule has 3 unspecified atom stereocenters. The Morgan fingerprint density at radius 1 is 0.649 bits per heavy atom. The highest BCUT2D eigenvalue weighted by Gasteiger charge is 2.38. The van der Waals surface area contributed by atoms with Gasteiger partial charge in [0.05, 0.1) is 32.1 Å². The summed E-state index contributed by atoms with van der Waals surface area (Å²) >= 11 is 0. The summed E-state index contributed by atoms with van der Waals surface area (Å²) in [5, 5.41) is 31.3. The van der Waals surface area contributed by atoms with Crippen LogP contribution in [-0.4, -0.2) is 58.8 Å². The molecule has 0 aromatic rings. The number of quaternary nitrogens is 1. The standard InChI is InChI=1S/C30H55NO6/c1-5-9-10-11-12-13-14-15-16-17-18-19-20-21-31(22-25(6-2)28(32)33,23-26(7-3)29(34)35)24-27(8-4)30(36)37/h19-20,25-27H,5-18,21-24H2,1-4H3,(H2-,32,33,34,35,36,37)/b20-19+. The highest BCUT2D eigenvalue weighted by molar-refractivity contribution is 5.71. The molecule has 37 heavy (non-hydrogen) atoms. The van der Waals surface area contributed by atoms with E-state index in [1.165, 1.54) is 57.8 Å². The van der Waals surface area contributed by atoms with Crippen LogP contribution in [-0.2, 0) is 14.4 Å². The van der Waals surface area contributed by atoms with E-state index in [0.29, 0.717) is 25.8 Å². The van der Waals surface area contributed by atoms with Gasteiger partial charge in [0, 0.05) is 5.92 Å². The first-order valence-corrected chi connectivity index (χ1v) is 14.8. The molecule has 0 bridgehead atoms. The van der Waals surface area contributed by atoms with E-state index in [-0.39, 0.29) is 24.1 Å². The van der Waals surface area contributed by atoms with Crippen LogP contribution in [0.4, 0.5) is 0 Å². The molecule has 7 heteroatoms. The maximum atomic E-state index is 11.9. The van der Waals surface area contributed by atoms with E-state index in [1.807, 2.05) is 6.08 Å². The highest BCUT2D eigenvalue weighted by atomic mass is 16.4. The van der Waals surface area contributed by atoms with Crippen molar-refractivity contribution < 1.29 is 34.2 Å². The van der Waals surface area contributed by atoms with Gasteiger partial charge >= 0.3 is 11.9 Å². The van der Waals surface area contributed by atoms with Crippen LogP contribution in [0.2, 0.25) is 0 Å². The second kappa shape index (κ2) is 21.1. The molecule has 0 saturated heterocycles.